The maximum atomic E-state index is 12.9. The Morgan fingerprint density at radius 1 is 1.15 bits per heavy atom. The Labute approximate surface area is 158 Å². The lowest BCUT2D eigenvalue weighted by molar-refractivity contribution is 0.0950. The minimum absolute atomic E-state index is 0.0720. The molecule has 2 atom stereocenters. The minimum atomic E-state index is -3.78. The first-order valence-electron chi connectivity index (χ1n) is 8.98. The number of hydrogen-bond acceptors (Lipinski definition) is 5. The van der Waals surface area contributed by atoms with Gasteiger partial charge in [-0.05, 0) is 43.5 Å². The summed E-state index contributed by atoms with van der Waals surface area (Å²) in [4.78, 5) is 16.4. The zero-order valence-corrected chi connectivity index (χ0v) is 15.5. The molecule has 0 unspecified atom stereocenters. The van der Waals surface area contributed by atoms with Crippen LogP contribution < -0.4 is 10.0 Å². The molecule has 2 fully saturated rings. The molecule has 1 saturated carbocycles. The SMILES string of the molecule is O=C(NC1CC1)c1cccc(S(=O)(=O)N[C@H]2CCO[C@@H]2c2cccnc2)c1. The number of sulfonamides is 1. The number of benzene rings is 1. The Hall–Kier alpha value is -2.29. The van der Waals surface area contributed by atoms with Gasteiger partial charge in [-0.25, -0.2) is 13.1 Å². The minimum Gasteiger partial charge on any atom is -0.372 e. The number of hydrogen-bond donors (Lipinski definition) is 2. The highest BCUT2D eigenvalue weighted by Gasteiger charge is 2.33. The lowest BCUT2D eigenvalue weighted by atomic mass is 10.1. The lowest BCUT2D eigenvalue weighted by Gasteiger charge is -2.20. The molecule has 0 spiro atoms. The number of amides is 1. The molecule has 1 saturated heterocycles. The summed E-state index contributed by atoms with van der Waals surface area (Å²) in [7, 11) is -3.78. The van der Waals surface area contributed by atoms with E-state index < -0.39 is 10.0 Å². The van der Waals surface area contributed by atoms with E-state index in [9.17, 15) is 13.2 Å². The fourth-order valence-corrected chi connectivity index (χ4v) is 4.47. The second-order valence-corrected chi connectivity index (χ2v) is 8.58. The normalized spacial score (nSPS) is 22.5. The van der Waals surface area contributed by atoms with Crippen LogP contribution in [0.3, 0.4) is 0 Å². The molecule has 4 rings (SSSR count). The van der Waals surface area contributed by atoms with Crippen molar-refractivity contribution in [1.82, 2.24) is 15.0 Å². The van der Waals surface area contributed by atoms with Crippen LogP contribution >= 0.6 is 0 Å². The average Bonchev–Trinajstić information content (AvgIpc) is 3.38. The number of aromatic nitrogens is 1. The maximum Gasteiger partial charge on any atom is 0.251 e. The number of carbonyl (C=O) groups is 1. The van der Waals surface area contributed by atoms with Gasteiger partial charge < -0.3 is 10.1 Å². The lowest BCUT2D eigenvalue weighted by Crippen LogP contribution is -2.37. The van der Waals surface area contributed by atoms with Gasteiger partial charge in [0.2, 0.25) is 10.0 Å². The summed E-state index contributed by atoms with van der Waals surface area (Å²) in [5.74, 6) is -0.244. The molecule has 142 valence electrons. The molecule has 2 heterocycles. The summed E-state index contributed by atoms with van der Waals surface area (Å²) in [6.07, 6.45) is 5.48. The highest BCUT2D eigenvalue weighted by Crippen LogP contribution is 2.30. The smallest absolute Gasteiger partial charge is 0.251 e. The van der Waals surface area contributed by atoms with Crippen LogP contribution in [0.25, 0.3) is 0 Å². The van der Waals surface area contributed by atoms with E-state index in [1.807, 2.05) is 6.07 Å². The van der Waals surface area contributed by atoms with Crippen LogP contribution in [-0.4, -0.2) is 38.0 Å². The quantitative estimate of drug-likeness (QED) is 0.787. The third kappa shape index (κ3) is 4.18. The molecule has 2 aromatic rings. The Morgan fingerprint density at radius 2 is 2.00 bits per heavy atom. The van der Waals surface area contributed by atoms with Crippen LogP contribution in [-0.2, 0) is 14.8 Å². The highest BCUT2D eigenvalue weighted by atomic mass is 32.2. The zero-order chi connectivity index (χ0) is 18.9. The van der Waals surface area contributed by atoms with Crippen molar-refractivity contribution in [3.63, 3.8) is 0 Å². The van der Waals surface area contributed by atoms with Gasteiger partial charge in [0.05, 0.1) is 10.9 Å². The summed E-state index contributed by atoms with van der Waals surface area (Å²) >= 11 is 0. The molecule has 8 heteroatoms. The highest BCUT2D eigenvalue weighted by molar-refractivity contribution is 7.89. The Balaban J connectivity index is 1.52. The van der Waals surface area contributed by atoms with Crippen molar-refractivity contribution in [2.24, 2.45) is 0 Å². The van der Waals surface area contributed by atoms with Crippen molar-refractivity contribution >= 4 is 15.9 Å². The van der Waals surface area contributed by atoms with E-state index in [0.29, 0.717) is 18.6 Å². The number of rotatable bonds is 6. The van der Waals surface area contributed by atoms with E-state index in [2.05, 4.69) is 15.0 Å². The van der Waals surface area contributed by atoms with Gasteiger partial charge in [0.15, 0.2) is 0 Å². The molecule has 27 heavy (non-hydrogen) atoms. The second kappa shape index (κ2) is 7.38. The number of ether oxygens (including phenoxy) is 1. The third-order valence-electron chi connectivity index (χ3n) is 4.73. The van der Waals surface area contributed by atoms with Crippen LogP contribution in [0.2, 0.25) is 0 Å². The number of nitrogens with one attached hydrogen (secondary N) is 2. The molecule has 7 nitrogen and oxygen atoms in total. The summed E-state index contributed by atoms with van der Waals surface area (Å²) in [5.41, 5.74) is 1.18. The molecular formula is C19H21N3O4S. The fourth-order valence-electron chi connectivity index (χ4n) is 3.15. The molecule has 2 aliphatic rings. The van der Waals surface area contributed by atoms with E-state index in [0.717, 1.165) is 18.4 Å². The van der Waals surface area contributed by atoms with Crippen molar-refractivity contribution < 1.29 is 17.9 Å². The predicted octanol–water partition coefficient (Wildman–Crippen LogP) is 1.78. The molecular weight excluding hydrogens is 366 g/mol. The maximum absolute atomic E-state index is 12.9. The topological polar surface area (TPSA) is 97.4 Å². The van der Waals surface area contributed by atoms with Crippen molar-refractivity contribution in [2.45, 2.75) is 42.3 Å². The first kappa shape index (κ1) is 18.1. The Kier molecular flexibility index (Phi) is 4.94. The van der Waals surface area contributed by atoms with E-state index in [4.69, 9.17) is 4.74 Å². The Bertz CT molecular complexity index is 929. The largest absolute Gasteiger partial charge is 0.372 e. The summed E-state index contributed by atoms with van der Waals surface area (Å²) < 4.78 is 34.2. The molecule has 0 bridgehead atoms. The molecule has 1 aliphatic carbocycles. The number of pyridine rings is 1. The van der Waals surface area contributed by atoms with Crippen molar-refractivity contribution in [3.05, 3.63) is 59.9 Å². The summed E-state index contributed by atoms with van der Waals surface area (Å²) in [5, 5.41) is 2.87. The van der Waals surface area contributed by atoms with Crippen molar-refractivity contribution in [2.75, 3.05) is 6.61 Å². The summed E-state index contributed by atoms with van der Waals surface area (Å²) in [6.45, 7) is 0.469. The van der Waals surface area contributed by atoms with Gasteiger partial charge in [0.25, 0.3) is 5.91 Å². The molecule has 1 aromatic heterocycles. The van der Waals surface area contributed by atoms with E-state index in [1.54, 1.807) is 30.6 Å². The van der Waals surface area contributed by atoms with Gasteiger partial charge in [0.1, 0.15) is 6.10 Å². The second-order valence-electron chi connectivity index (χ2n) is 6.87. The monoisotopic (exact) mass is 387 g/mol. The number of carbonyl (C=O) groups excluding carboxylic acids is 1. The van der Waals surface area contributed by atoms with Crippen molar-refractivity contribution in [1.29, 1.82) is 0 Å². The predicted molar refractivity (Wildman–Crippen MR) is 98.6 cm³/mol. The van der Waals surface area contributed by atoms with E-state index in [1.165, 1.54) is 12.1 Å². The standard InChI is InChI=1S/C19H21N3O4S/c23-19(21-15-6-7-15)13-3-1-5-16(11-13)27(24,25)22-17-8-10-26-18(17)14-4-2-9-20-12-14/h1-5,9,11-12,15,17-18,22H,6-8,10H2,(H,21,23)/t17-,18+/m0/s1. The van der Waals surface area contributed by atoms with Gasteiger partial charge >= 0.3 is 0 Å². The summed E-state index contributed by atoms with van der Waals surface area (Å²) in [6, 6.07) is 9.60. The van der Waals surface area contributed by atoms with E-state index >= 15 is 0 Å². The average molecular weight is 387 g/mol. The van der Waals surface area contributed by atoms with Gasteiger partial charge in [-0.15, -0.1) is 0 Å². The van der Waals surface area contributed by atoms with E-state index in [-0.39, 0.29) is 29.0 Å². The van der Waals surface area contributed by atoms with Crippen LogP contribution in [0.5, 0.6) is 0 Å². The van der Waals surface area contributed by atoms with Gasteiger partial charge in [0, 0.05) is 36.2 Å². The van der Waals surface area contributed by atoms with Crippen LogP contribution in [0.4, 0.5) is 0 Å². The first-order chi connectivity index (χ1) is 13.0. The molecule has 1 amide bonds. The van der Waals surface area contributed by atoms with Crippen LogP contribution in [0.15, 0.2) is 53.7 Å². The van der Waals surface area contributed by atoms with Crippen molar-refractivity contribution in [3.8, 4) is 0 Å². The van der Waals surface area contributed by atoms with Gasteiger partial charge in [-0.2, -0.15) is 0 Å². The van der Waals surface area contributed by atoms with Crippen LogP contribution in [0, 0.1) is 0 Å². The van der Waals surface area contributed by atoms with Gasteiger partial charge in [-0.3, -0.25) is 9.78 Å². The first-order valence-corrected chi connectivity index (χ1v) is 10.5. The number of nitrogens with zero attached hydrogens (tertiary/aromatic N) is 1. The van der Waals surface area contributed by atoms with Crippen LogP contribution in [0.1, 0.15) is 41.3 Å². The molecule has 0 radical (unpaired) electrons. The zero-order valence-electron chi connectivity index (χ0n) is 14.7. The fraction of sp³-hybridized carbons (Fsp3) is 0.368. The molecule has 1 aromatic carbocycles. The van der Waals surface area contributed by atoms with Gasteiger partial charge in [-0.1, -0.05) is 12.1 Å². The Morgan fingerprint density at radius 3 is 2.74 bits per heavy atom. The molecule has 1 aliphatic heterocycles. The molecule has 2 N–H and O–H groups in total. The third-order valence-corrected chi connectivity index (χ3v) is 6.22.